The summed E-state index contributed by atoms with van der Waals surface area (Å²) in [6.45, 7) is 16.6. The summed E-state index contributed by atoms with van der Waals surface area (Å²) in [4.78, 5) is 40.8. The van der Waals surface area contributed by atoms with E-state index in [1.54, 1.807) is 0 Å². The maximum absolute atomic E-state index is 14.1. The minimum atomic E-state index is -1.75. The number of rotatable bonds is 43. The molecular weight excluding hydrogens is 835 g/mol. The van der Waals surface area contributed by atoms with Gasteiger partial charge in [0.05, 0.1) is 18.6 Å². The summed E-state index contributed by atoms with van der Waals surface area (Å²) in [6.07, 6.45) is 33.1. The van der Waals surface area contributed by atoms with E-state index in [0.717, 1.165) is 57.8 Å². The summed E-state index contributed by atoms with van der Waals surface area (Å²) < 4.78 is 30.9. The lowest BCUT2D eigenvalue weighted by Crippen LogP contribution is -2.66. The van der Waals surface area contributed by atoms with Gasteiger partial charge in [-0.2, -0.15) is 0 Å². The van der Waals surface area contributed by atoms with Crippen molar-refractivity contribution in [3.05, 3.63) is 0 Å². The minimum Gasteiger partial charge on any atom is -0.462 e. The maximum Gasteiger partial charge on any atom is 0.306 e. The van der Waals surface area contributed by atoms with E-state index < -0.39 is 57.4 Å². The Morgan fingerprint density at radius 2 is 1.00 bits per heavy atom. The molecule has 0 aromatic carbocycles. The van der Waals surface area contributed by atoms with Gasteiger partial charge < -0.3 is 33.8 Å². The minimum absolute atomic E-state index is 0.0323. The molecule has 1 heterocycles. The largest absolute Gasteiger partial charge is 0.462 e. The van der Waals surface area contributed by atoms with Gasteiger partial charge in [0.2, 0.25) is 5.91 Å². The summed E-state index contributed by atoms with van der Waals surface area (Å²) in [5.41, 5.74) is -0.493. The standard InChI is InChI=1S/C54H105NO9Si/c1-9-12-15-18-21-24-26-29-32-35-38-41-48(57)61-45(40-37-34-31-28-23-20-17-14-11-3)43-47(56)55-50-52(51(59)46(44-60-54(4,5)6)62-53(50)64-65(7)8)63-49(58)42-39-36-33-30-27-25-22-19-16-13-10-2/h45-46,50-53,59,65H,9-44H2,1-8H3,(H,55,56)/t45?,46-,50-,51-,52-,53?/m1/s1. The van der Waals surface area contributed by atoms with Crippen molar-refractivity contribution in [1.82, 2.24) is 5.32 Å². The number of nitrogens with one attached hydrogen (secondary N) is 1. The van der Waals surface area contributed by atoms with Gasteiger partial charge in [-0.15, -0.1) is 0 Å². The molecule has 1 aliphatic rings. The van der Waals surface area contributed by atoms with E-state index in [0.29, 0.717) is 19.3 Å². The molecule has 65 heavy (non-hydrogen) atoms. The molecule has 1 rings (SSSR count). The molecular formula is C54H105NO9Si. The van der Waals surface area contributed by atoms with E-state index in [1.165, 1.54) is 135 Å². The molecule has 1 fully saturated rings. The normalized spacial score (nSPS) is 19.4. The summed E-state index contributed by atoms with van der Waals surface area (Å²) in [6, 6.07) is -0.958. The molecule has 1 aliphatic heterocycles. The molecule has 0 spiro atoms. The molecule has 1 saturated heterocycles. The first-order chi connectivity index (χ1) is 31.3. The van der Waals surface area contributed by atoms with Gasteiger partial charge in [0.15, 0.2) is 21.4 Å². The van der Waals surface area contributed by atoms with Crippen molar-refractivity contribution in [3.63, 3.8) is 0 Å². The van der Waals surface area contributed by atoms with Crippen LogP contribution in [0.4, 0.5) is 0 Å². The van der Waals surface area contributed by atoms with Gasteiger partial charge in [-0.25, -0.2) is 0 Å². The van der Waals surface area contributed by atoms with Gasteiger partial charge in [-0.1, -0.05) is 201 Å². The monoisotopic (exact) mass is 940 g/mol. The first-order valence-corrected chi connectivity index (χ1v) is 30.4. The van der Waals surface area contributed by atoms with Crippen molar-refractivity contribution in [2.75, 3.05) is 6.61 Å². The molecule has 6 atom stereocenters. The number of hydrogen-bond acceptors (Lipinski definition) is 9. The fraction of sp³-hybridized carbons (Fsp3) is 0.944. The zero-order chi connectivity index (χ0) is 48.0. The van der Waals surface area contributed by atoms with Crippen LogP contribution in [0, 0.1) is 0 Å². The number of amides is 1. The second-order valence-corrected chi connectivity index (χ2v) is 23.1. The molecule has 0 radical (unpaired) electrons. The van der Waals surface area contributed by atoms with E-state index in [4.69, 9.17) is 23.4 Å². The van der Waals surface area contributed by atoms with E-state index in [9.17, 15) is 19.5 Å². The van der Waals surface area contributed by atoms with Gasteiger partial charge >= 0.3 is 11.9 Å². The van der Waals surface area contributed by atoms with Crippen molar-refractivity contribution < 1.29 is 42.9 Å². The van der Waals surface area contributed by atoms with Gasteiger partial charge in [0.1, 0.15) is 24.4 Å². The van der Waals surface area contributed by atoms with Crippen molar-refractivity contribution >= 4 is 26.9 Å². The quantitative estimate of drug-likeness (QED) is 0.0349. The number of unbranched alkanes of at least 4 members (excludes halogenated alkanes) is 28. The molecule has 1 amide bonds. The number of esters is 2. The summed E-state index contributed by atoms with van der Waals surface area (Å²) in [5, 5.41) is 14.8. The fourth-order valence-corrected chi connectivity index (χ4v) is 9.49. The third-order valence-electron chi connectivity index (χ3n) is 12.7. The lowest BCUT2D eigenvalue weighted by molar-refractivity contribution is -0.259. The number of ether oxygens (including phenoxy) is 4. The molecule has 0 saturated carbocycles. The van der Waals surface area contributed by atoms with Crippen LogP contribution in [-0.4, -0.2) is 80.9 Å². The van der Waals surface area contributed by atoms with Crippen LogP contribution in [0.1, 0.15) is 266 Å². The van der Waals surface area contributed by atoms with Crippen LogP contribution >= 0.6 is 0 Å². The van der Waals surface area contributed by atoms with Crippen LogP contribution in [0.5, 0.6) is 0 Å². The highest BCUT2D eigenvalue weighted by Crippen LogP contribution is 2.28. The zero-order valence-corrected chi connectivity index (χ0v) is 44.9. The Balaban J connectivity index is 2.98. The van der Waals surface area contributed by atoms with Gasteiger partial charge in [-0.3, -0.25) is 14.4 Å². The third-order valence-corrected chi connectivity index (χ3v) is 13.5. The van der Waals surface area contributed by atoms with Crippen LogP contribution in [0.25, 0.3) is 0 Å². The Morgan fingerprint density at radius 3 is 1.42 bits per heavy atom. The summed E-state index contributed by atoms with van der Waals surface area (Å²) in [7, 11) is -1.75. The van der Waals surface area contributed by atoms with Crippen molar-refractivity contribution in [2.45, 2.75) is 322 Å². The highest BCUT2D eigenvalue weighted by molar-refractivity contribution is 6.48. The molecule has 2 N–H and O–H groups in total. The van der Waals surface area contributed by atoms with Crippen LogP contribution in [-0.2, 0) is 37.8 Å². The van der Waals surface area contributed by atoms with E-state index >= 15 is 0 Å². The second-order valence-electron chi connectivity index (χ2n) is 20.7. The molecule has 0 aliphatic carbocycles. The van der Waals surface area contributed by atoms with Gasteiger partial charge in [0, 0.05) is 12.8 Å². The lowest BCUT2D eigenvalue weighted by Gasteiger charge is -2.45. The smallest absolute Gasteiger partial charge is 0.306 e. The van der Waals surface area contributed by atoms with Crippen LogP contribution in [0.2, 0.25) is 13.1 Å². The van der Waals surface area contributed by atoms with Crippen LogP contribution in [0.15, 0.2) is 0 Å². The van der Waals surface area contributed by atoms with E-state index in [2.05, 4.69) is 26.1 Å². The Labute approximate surface area is 402 Å². The molecule has 2 unspecified atom stereocenters. The van der Waals surface area contributed by atoms with Gasteiger partial charge in [-0.05, 0) is 59.5 Å². The van der Waals surface area contributed by atoms with Crippen molar-refractivity contribution in [1.29, 1.82) is 0 Å². The Hall–Kier alpha value is -1.53. The number of carbonyl (C=O) groups excluding carboxylic acids is 3. The SMILES string of the molecule is CCCCCCCCCCCCCC(=O)OC(CCCCCCCCCCC)CC(=O)N[C@H]1C(O[SiH](C)C)O[C@H](COC(C)(C)C)[C@@H](O)[C@@H]1OC(=O)CCCCCCCCCCCCC. The predicted molar refractivity (Wildman–Crippen MR) is 271 cm³/mol. The lowest BCUT2D eigenvalue weighted by atomic mass is 9.96. The number of carbonyl (C=O) groups is 3. The topological polar surface area (TPSA) is 130 Å². The molecule has 384 valence electrons. The van der Waals surface area contributed by atoms with Crippen LogP contribution in [0.3, 0.4) is 0 Å². The first kappa shape index (κ1) is 61.5. The van der Waals surface area contributed by atoms with E-state index in [-0.39, 0.29) is 31.3 Å². The maximum atomic E-state index is 14.1. The molecule has 0 bridgehead atoms. The number of hydrogen-bond donors (Lipinski definition) is 2. The highest BCUT2D eigenvalue weighted by atomic mass is 28.3. The zero-order valence-electron chi connectivity index (χ0n) is 43.7. The fourth-order valence-electron chi connectivity index (χ4n) is 8.72. The average molecular weight is 941 g/mol. The molecule has 11 heteroatoms. The van der Waals surface area contributed by atoms with Gasteiger partial charge in [0.25, 0.3) is 0 Å². The number of aliphatic hydroxyl groups excluding tert-OH is 1. The van der Waals surface area contributed by atoms with Crippen molar-refractivity contribution in [2.24, 2.45) is 0 Å². The average Bonchev–Trinajstić information content (AvgIpc) is 3.25. The number of aliphatic hydroxyl groups is 1. The van der Waals surface area contributed by atoms with Crippen LogP contribution < -0.4 is 5.32 Å². The second kappa shape index (κ2) is 40.4. The first-order valence-electron chi connectivity index (χ1n) is 27.6. The Kier molecular flexibility index (Phi) is 38.2. The Bertz CT molecular complexity index is 1150. The predicted octanol–water partition coefficient (Wildman–Crippen LogP) is 13.9. The Morgan fingerprint density at radius 1 is 0.600 bits per heavy atom. The molecule has 0 aromatic rings. The molecule has 0 aromatic heterocycles. The summed E-state index contributed by atoms with van der Waals surface area (Å²) >= 11 is 0. The van der Waals surface area contributed by atoms with Crippen molar-refractivity contribution in [3.8, 4) is 0 Å². The highest BCUT2D eigenvalue weighted by Gasteiger charge is 2.49. The van der Waals surface area contributed by atoms with E-state index in [1.807, 2.05) is 33.9 Å². The third kappa shape index (κ3) is 34.4. The summed E-state index contributed by atoms with van der Waals surface area (Å²) in [5.74, 6) is -1.03. The molecule has 10 nitrogen and oxygen atoms in total.